The van der Waals surface area contributed by atoms with Crippen molar-refractivity contribution >= 4 is 15.9 Å². The molecule has 1 aromatic rings. The van der Waals surface area contributed by atoms with Crippen molar-refractivity contribution in [2.45, 2.75) is 18.1 Å². The zero-order chi connectivity index (χ0) is 12.8. The van der Waals surface area contributed by atoms with E-state index >= 15 is 0 Å². The van der Waals surface area contributed by atoms with Crippen LogP contribution >= 0.6 is 15.9 Å². The standard InChI is InChI=1S/C10H7BrF3NO2/c11-6-3-1-2-5(4-6)7-8(10(12,13)14)9(7)15(16)17/h1-4,7-9H/t7-,8+,9+/m0/s1. The summed E-state index contributed by atoms with van der Waals surface area (Å²) in [5.74, 6) is -2.94. The molecule has 3 atom stereocenters. The van der Waals surface area contributed by atoms with Crippen molar-refractivity contribution < 1.29 is 18.1 Å². The van der Waals surface area contributed by atoms with Gasteiger partial charge < -0.3 is 0 Å². The molecule has 92 valence electrons. The number of alkyl halides is 3. The average molecular weight is 310 g/mol. The van der Waals surface area contributed by atoms with Crippen molar-refractivity contribution in [2.24, 2.45) is 5.92 Å². The van der Waals surface area contributed by atoms with E-state index in [1.54, 1.807) is 12.1 Å². The fraction of sp³-hybridized carbons (Fsp3) is 0.400. The molecule has 0 aliphatic heterocycles. The van der Waals surface area contributed by atoms with Crippen LogP contribution in [-0.2, 0) is 0 Å². The Labute approximate surface area is 103 Å². The fourth-order valence-corrected chi connectivity index (χ4v) is 2.49. The van der Waals surface area contributed by atoms with E-state index in [4.69, 9.17) is 0 Å². The maximum absolute atomic E-state index is 12.6. The quantitative estimate of drug-likeness (QED) is 0.621. The van der Waals surface area contributed by atoms with Crippen LogP contribution in [0.15, 0.2) is 28.7 Å². The van der Waals surface area contributed by atoms with Crippen LogP contribution in [0.1, 0.15) is 11.5 Å². The highest BCUT2D eigenvalue weighted by Crippen LogP contribution is 2.57. The molecule has 0 amide bonds. The summed E-state index contributed by atoms with van der Waals surface area (Å²) in [6.45, 7) is 0. The van der Waals surface area contributed by atoms with Gasteiger partial charge in [-0.05, 0) is 17.7 Å². The highest BCUT2D eigenvalue weighted by molar-refractivity contribution is 9.10. The predicted molar refractivity (Wildman–Crippen MR) is 57.2 cm³/mol. The molecule has 0 N–H and O–H groups in total. The lowest BCUT2D eigenvalue weighted by molar-refractivity contribution is -0.503. The molecule has 2 rings (SSSR count). The number of rotatable bonds is 2. The summed E-state index contributed by atoms with van der Waals surface area (Å²) in [5.41, 5.74) is 0.350. The molecule has 1 aliphatic rings. The van der Waals surface area contributed by atoms with Crippen LogP contribution in [0.2, 0.25) is 0 Å². The van der Waals surface area contributed by atoms with Crippen LogP contribution in [0, 0.1) is 16.0 Å². The molecule has 1 aliphatic carbocycles. The molecule has 17 heavy (non-hydrogen) atoms. The van der Waals surface area contributed by atoms with Crippen LogP contribution in [0.25, 0.3) is 0 Å². The van der Waals surface area contributed by atoms with Crippen LogP contribution in [0.4, 0.5) is 13.2 Å². The van der Waals surface area contributed by atoms with Crippen LogP contribution < -0.4 is 0 Å². The van der Waals surface area contributed by atoms with Gasteiger partial charge in [0, 0.05) is 9.40 Å². The summed E-state index contributed by atoms with van der Waals surface area (Å²) in [4.78, 5) is 9.74. The molecule has 0 heterocycles. The minimum Gasteiger partial charge on any atom is -0.264 e. The molecule has 1 fully saturated rings. The Kier molecular flexibility index (Phi) is 2.89. The third-order valence-electron chi connectivity index (χ3n) is 2.84. The first-order valence-corrected chi connectivity index (χ1v) is 5.57. The topological polar surface area (TPSA) is 43.1 Å². The summed E-state index contributed by atoms with van der Waals surface area (Å²) in [6.07, 6.45) is -4.52. The number of hydrogen-bond acceptors (Lipinski definition) is 2. The highest BCUT2D eigenvalue weighted by Gasteiger charge is 2.72. The van der Waals surface area contributed by atoms with Crippen molar-refractivity contribution in [3.63, 3.8) is 0 Å². The second-order valence-corrected chi connectivity index (χ2v) is 4.84. The molecular weight excluding hydrogens is 303 g/mol. The Balaban J connectivity index is 2.30. The van der Waals surface area contributed by atoms with E-state index in [1.807, 2.05) is 0 Å². The minimum atomic E-state index is -4.52. The van der Waals surface area contributed by atoms with E-state index in [2.05, 4.69) is 15.9 Å². The molecule has 0 spiro atoms. The average Bonchev–Trinajstić information content (AvgIpc) is 2.91. The molecule has 1 saturated carbocycles. The Hall–Kier alpha value is -1.11. The van der Waals surface area contributed by atoms with Gasteiger partial charge in [0.25, 0.3) is 0 Å². The zero-order valence-corrected chi connectivity index (χ0v) is 9.90. The summed E-state index contributed by atoms with van der Waals surface area (Å²) >= 11 is 3.13. The van der Waals surface area contributed by atoms with Gasteiger partial charge in [-0.25, -0.2) is 0 Å². The van der Waals surface area contributed by atoms with E-state index in [-0.39, 0.29) is 0 Å². The number of hydrogen-bond donors (Lipinski definition) is 0. The third-order valence-corrected chi connectivity index (χ3v) is 3.33. The predicted octanol–water partition coefficient (Wildman–Crippen LogP) is 3.37. The van der Waals surface area contributed by atoms with Gasteiger partial charge in [0.2, 0.25) is 6.04 Å². The molecule has 0 radical (unpaired) electrons. The number of benzene rings is 1. The van der Waals surface area contributed by atoms with Crippen molar-refractivity contribution in [2.75, 3.05) is 0 Å². The Morgan fingerprint density at radius 2 is 2.00 bits per heavy atom. The third kappa shape index (κ3) is 2.29. The van der Waals surface area contributed by atoms with Crippen molar-refractivity contribution in [3.8, 4) is 0 Å². The van der Waals surface area contributed by atoms with Crippen molar-refractivity contribution in [1.29, 1.82) is 0 Å². The van der Waals surface area contributed by atoms with Gasteiger partial charge in [-0.1, -0.05) is 28.1 Å². The zero-order valence-electron chi connectivity index (χ0n) is 8.32. The Morgan fingerprint density at radius 3 is 2.41 bits per heavy atom. The van der Waals surface area contributed by atoms with E-state index in [1.165, 1.54) is 12.1 Å². The van der Waals surface area contributed by atoms with E-state index < -0.39 is 29.0 Å². The Bertz CT molecular complexity index is 463. The highest BCUT2D eigenvalue weighted by atomic mass is 79.9. The van der Waals surface area contributed by atoms with Crippen LogP contribution in [-0.4, -0.2) is 17.1 Å². The first kappa shape index (κ1) is 12.3. The summed E-state index contributed by atoms with van der Waals surface area (Å²) in [7, 11) is 0. The monoisotopic (exact) mass is 309 g/mol. The van der Waals surface area contributed by atoms with E-state index in [0.717, 1.165) is 0 Å². The van der Waals surface area contributed by atoms with Crippen molar-refractivity contribution in [3.05, 3.63) is 44.4 Å². The molecule has 0 unspecified atom stereocenters. The van der Waals surface area contributed by atoms with E-state index in [0.29, 0.717) is 10.0 Å². The lowest BCUT2D eigenvalue weighted by atomic mass is 10.1. The Morgan fingerprint density at radius 1 is 1.35 bits per heavy atom. The maximum Gasteiger partial charge on any atom is 0.399 e. The van der Waals surface area contributed by atoms with Gasteiger partial charge in [0.1, 0.15) is 5.92 Å². The first-order valence-electron chi connectivity index (χ1n) is 4.78. The lowest BCUT2D eigenvalue weighted by Gasteiger charge is -2.03. The largest absolute Gasteiger partial charge is 0.399 e. The van der Waals surface area contributed by atoms with Gasteiger partial charge in [-0.3, -0.25) is 10.1 Å². The second-order valence-electron chi connectivity index (χ2n) is 3.92. The summed E-state index contributed by atoms with van der Waals surface area (Å²) in [6, 6.07) is 4.66. The summed E-state index contributed by atoms with van der Waals surface area (Å²) < 4.78 is 38.3. The SMILES string of the molecule is O=[N+]([O-])[C@@H]1[C@@H](c2cccc(Br)c2)[C@H]1C(F)(F)F. The van der Waals surface area contributed by atoms with Gasteiger partial charge in [-0.15, -0.1) is 0 Å². The number of halogens is 4. The molecule has 0 aromatic heterocycles. The maximum atomic E-state index is 12.6. The molecule has 3 nitrogen and oxygen atoms in total. The summed E-state index contributed by atoms with van der Waals surface area (Å²) in [5, 5.41) is 10.6. The lowest BCUT2D eigenvalue weighted by Crippen LogP contribution is -2.17. The number of nitro groups is 1. The number of nitrogens with zero attached hydrogens (tertiary/aromatic N) is 1. The van der Waals surface area contributed by atoms with Gasteiger partial charge in [0.15, 0.2) is 0 Å². The van der Waals surface area contributed by atoms with Crippen LogP contribution in [0.5, 0.6) is 0 Å². The fourth-order valence-electron chi connectivity index (χ4n) is 2.07. The van der Waals surface area contributed by atoms with Gasteiger partial charge >= 0.3 is 6.18 Å². The molecule has 1 aromatic carbocycles. The normalized spacial score (nSPS) is 27.9. The molecular formula is C10H7BrF3NO2. The van der Waals surface area contributed by atoms with Crippen molar-refractivity contribution in [1.82, 2.24) is 0 Å². The first-order chi connectivity index (χ1) is 7.82. The molecule has 0 saturated heterocycles. The second kappa shape index (κ2) is 3.97. The van der Waals surface area contributed by atoms with Gasteiger partial charge in [-0.2, -0.15) is 13.2 Å². The molecule has 7 heteroatoms. The van der Waals surface area contributed by atoms with Crippen LogP contribution in [0.3, 0.4) is 0 Å². The smallest absolute Gasteiger partial charge is 0.264 e. The molecule has 0 bridgehead atoms. The van der Waals surface area contributed by atoms with E-state index in [9.17, 15) is 23.3 Å². The minimum absolute atomic E-state index is 0.350. The van der Waals surface area contributed by atoms with Gasteiger partial charge in [0.05, 0.1) is 5.92 Å².